The maximum absolute atomic E-state index is 14.0. The van der Waals surface area contributed by atoms with Gasteiger partial charge in [0.1, 0.15) is 17.7 Å². The van der Waals surface area contributed by atoms with Gasteiger partial charge in [0.15, 0.2) is 0 Å². The molecule has 0 saturated carbocycles. The highest BCUT2D eigenvalue weighted by Gasteiger charge is 2.18. The molecular weight excluding hydrogens is 294 g/mol. The smallest absolute Gasteiger partial charge is 0.129 e. The van der Waals surface area contributed by atoms with Gasteiger partial charge in [-0.1, -0.05) is 30.3 Å². The first-order chi connectivity index (χ1) is 10.2. The summed E-state index contributed by atoms with van der Waals surface area (Å²) in [5, 5.41) is 0. The van der Waals surface area contributed by atoms with Crippen LogP contribution in [0.2, 0.25) is 0 Å². The number of hydrogen-bond donors (Lipinski definition) is 0. The van der Waals surface area contributed by atoms with Crippen LogP contribution < -0.4 is 0 Å². The summed E-state index contributed by atoms with van der Waals surface area (Å²) < 4.78 is 32.9. The highest BCUT2D eigenvalue weighted by molar-refractivity contribution is 6.17. The van der Waals surface area contributed by atoms with E-state index in [0.29, 0.717) is 18.1 Å². The zero-order valence-corrected chi connectivity index (χ0v) is 12.3. The molecule has 0 saturated heterocycles. The molecule has 0 heterocycles. The summed E-state index contributed by atoms with van der Waals surface area (Å²) in [5.74, 6) is -0.0816. The Morgan fingerprint density at radius 2 is 1.67 bits per heavy atom. The van der Waals surface area contributed by atoms with E-state index in [0.717, 1.165) is 18.4 Å². The summed E-state index contributed by atoms with van der Waals surface area (Å²) in [6, 6.07) is 12.4. The van der Waals surface area contributed by atoms with Crippen LogP contribution in [0.15, 0.2) is 48.5 Å². The summed E-state index contributed by atoms with van der Waals surface area (Å²) in [5.41, 5.74) is 1.18. The molecule has 0 amide bonds. The fraction of sp³-hybridized carbons (Fsp3) is 0.294. The lowest BCUT2D eigenvalue weighted by atomic mass is 10.0. The molecule has 2 aromatic rings. The lowest BCUT2D eigenvalue weighted by Crippen LogP contribution is -2.09. The van der Waals surface area contributed by atoms with Crippen molar-refractivity contribution in [2.75, 3.05) is 12.5 Å². The van der Waals surface area contributed by atoms with Crippen molar-refractivity contribution in [3.63, 3.8) is 0 Å². The molecule has 21 heavy (non-hydrogen) atoms. The van der Waals surface area contributed by atoms with Crippen LogP contribution in [0, 0.1) is 11.6 Å². The van der Waals surface area contributed by atoms with E-state index in [-0.39, 0.29) is 11.6 Å². The first-order valence-electron chi connectivity index (χ1n) is 6.90. The van der Waals surface area contributed by atoms with Crippen LogP contribution in [0.1, 0.15) is 30.1 Å². The van der Waals surface area contributed by atoms with Crippen molar-refractivity contribution in [1.29, 1.82) is 0 Å². The Balaban J connectivity index is 2.22. The van der Waals surface area contributed by atoms with Gasteiger partial charge in [-0.15, -0.1) is 11.6 Å². The van der Waals surface area contributed by atoms with Crippen LogP contribution in [-0.2, 0) is 4.74 Å². The van der Waals surface area contributed by atoms with Crippen LogP contribution >= 0.6 is 11.6 Å². The van der Waals surface area contributed by atoms with Gasteiger partial charge in [0.25, 0.3) is 0 Å². The highest BCUT2D eigenvalue weighted by atomic mass is 35.5. The van der Waals surface area contributed by atoms with Gasteiger partial charge in [0.2, 0.25) is 0 Å². The van der Waals surface area contributed by atoms with E-state index in [2.05, 4.69) is 0 Å². The van der Waals surface area contributed by atoms with Crippen molar-refractivity contribution in [3.8, 4) is 0 Å². The summed E-state index contributed by atoms with van der Waals surface area (Å²) in [6.45, 7) is 0.475. The van der Waals surface area contributed by atoms with Gasteiger partial charge in [0.05, 0.1) is 0 Å². The van der Waals surface area contributed by atoms with Gasteiger partial charge in [-0.25, -0.2) is 8.78 Å². The van der Waals surface area contributed by atoms with Gasteiger partial charge >= 0.3 is 0 Å². The predicted molar refractivity (Wildman–Crippen MR) is 80.5 cm³/mol. The molecule has 1 atom stereocenters. The number of rotatable bonds is 7. The minimum atomic E-state index is -0.540. The Bertz CT molecular complexity index is 557. The van der Waals surface area contributed by atoms with Crippen molar-refractivity contribution >= 4 is 11.6 Å². The topological polar surface area (TPSA) is 9.23 Å². The number of unbranched alkanes of at least 4 members (excludes halogenated alkanes) is 1. The third-order valence-electron chi connectivity index (χ3n) is 3.17. The SMILES string of the molecule is Fc1ccc(C(OCCCCCl)c2ccccc2F)cc1. The van der Waals surface area contributed by atoms with Crippen LogP contribution in [0.3, 0.4) is 0 Å². The van der Waals surface area contributed by atoms with Crippen molar-refractivity contribution in [3.05, 3.63) is 71.3 Å². The normalized spacial score (nSPS) is 12.3. The first kappa shape index (κ1) is 15.9. The molecule has 0 radical (unpaired) electrons. The second-order valence-corrected chi connectivity index (χ2v) is 5.10. The molecule has 0 fully saturated rings. The third kappa shape index (κ3) is 4.51. The van der Waals surface area contributed by atoms with E-state index in [1.54, 1.807) is 30.3 Å². The average Bonchev–Trinajstić information content (AvgIpc) is 2.50. The van der Waals surface area contributed by atoms with Crippen molar-refractivity contribution < 1.29 is 13.5 Å². The number of ether oxygens (including phenoxy) is 1. The molecule has 0 aromatic heterocycles. The van der Waals surface area contributed by atoms with Crippen LogP contribution in [-0.4, -0.2) is 12.5 Å². The predicted octanol–water partition coefficient (Wildman–Crippen LogP) is 5.09. The zero-order valence-electron chi connectivity index (χ0n) is 11.6. The fourth-order valence-electron chi connectivity index (χ4n) is 2.09. The van der Waals surface area contributed by atoms with E-state index in [4.69, 9.17) is 16.3 Å². The van der Waals surface area contributed by atoms with Crippen LogP contribution in [0.25, 0.3) is 0 Å². The monoisotopic (exact) mass is 310 g/mol. The summed E-state index contributed by atoms with van der Waals surface area (Å²) >= 11 is 5.64. The summed E-state index contributed by atoms with van der Waals surface area (Å²) in [6.07, 6.45) is 1.10. The van der Waals surface area contributed by atoms with Crippen LogP contribution in [0.4, 0.5) is 8.78 Å². The third-order valence-corrected chi connectivity index (χ3v) is 3.44. The van der Waals surface area contributed by atoms with Gasteiger partial charge in [0, 0.05) is 18.1 Å². The Labute approximate surface area is 128 Å². The van der Waals surface area contributed by atoms with Crippen molar-refractivity contribution in [1.82, 2.24) is 0 Å². The van der Waals surface area contributed by atoms with Gasteiger partial charge in [-0.2, -0.15) is 0 Å². The van der Waals surface area contributed by atoms with Crippen molar-refractivity contribution in [2.45, 2.75) is 18.9 Å². The second kappa shape index (κ2) is 8.11. The van der Waals surface area contributed by atoms with E-state index in [9.17, 15) is 8.78 Å². The number of benzene rings is 2. The number of hydrogen-bond acceptors (Lipinski definition) is 1. The van der Waals surface area contributed by atoms with E-state index in [1.165, 1.54) is 18.2 Å². The molecule has 4 heteroatoms. The standard InChI is InChI=1S/C17H17ClF2O/c18-11-3-4-12-21-17(13-7-9-14(19)10-8-13)15-5-1-2-6-16(15)20/h1-2,5-10,17H,3-4,11-12H2. The molecule has 2 rings (SSSR count). The zero-order chi connectivity index (χ0) is 15.1. The maximum atomic E-state index is 14.0. The van der Waals surface area contributed by atoms with E-state index < -0.39 is 6.10 Å². The summed E-state index contributed by atoms with van der Waals surface area (Å²) in [4.78, 5) is 0. The minimum Gasteiger partial charge on any atom is -0.369 e. The Morgan fingerprint density at radius 1 is 0.952 bits per heavy atom. The van der Waals surface area contributed by atoms with Gasteiger partial charge < -0.3 is 4.74 Å². The molecule has 112 valence electrons. The molecule has 2 aromatic carbocycles. The fourth-order valence-corrected chi connectivity index (χ4v) is 2.28. The molecule has 1 unspecified atom stereocenters. The maximum Gasteiger partial charge on any atom is 0.129 e. The molecular formula is C17H17ClF2O. The van der Waals surface area contributed by atoms with Crippen molar-refractivity contribution in [2.24, 2.45) is 0 Å². The lowest BCUT2D eigenvalue weighted by molar-refractivity contribution is 0.0755. The minimum absolute atomic E-state index is 0.326. The van der Waals surface area contributed by atoms with Gasteiger partial charge in [-0.05, 0) is 36.6 Å². The number of halogens is 3. The molecule has 0 N–H and O–H groups in total. The number of alkyl halides is 1. The summed E-state index contributed by atoms with van der Waals surface area (Å²) in [7, 11) is 0. The molecule has 0 aliphatic rings. The quantitative estimate of drug-likeness (QED) is 0.511. The highest BCUT2D eigenvalue weighted by Crippen LogP contribution is 2.28. The van der Waals surface area contributed by atoms with Crippen LogP contribution in [0.5, 0.6) is 0 Å². The largest absolute Gasteiger partial charge is 0.369 e. The average molecular weight is 311 g/mol. The molecule has 0 bridgehead atoms. The first-order valence-corrected chi connectivity index (χ1v) is 7.43. The Morgan fingerprint density at radius 3 is 2.33 bits per heavy atom. The molecule has 0 aliphatic carbocycles. The molecule has 0 aliphatic heterocycles. The molecule has 1 nitrogen and oxygen atoms in total. The Hall–Kier alpha value is -1.45. The lowest BCUT2D eigenvalue weighted by Gasteiger charge is -2.19. The second-order valence-electron chi connectivity index (χ2n) is 4.72. The van der Waals surface area contributed by atoms with E-state index in [1.807, 2.05) is 0 Å². The molecule has 0 spiro atoms. The van der Waals surface area contributed by atoms with E-state index >= 15 is 0 Å². The Kier molecular flexibility index (Phi) is 6.15. The van der Waals surface area contributed by atoms with Gasteiger partial charge in [-0.3, -0.25) is 0 Å².